The summed E-state index contributed by atoms with van der Waals surface area (Å²) in [5.41, 5.74) is 11.3. The van der Waals surface area contributed by atoms with Crippen LogP contribution in [0.2, 0.25) is 0 Å². The predicted octanol–water partition coefficient (Wildman–Crippen LogP) is 5.03. The second kappa shape index (κ2) is 10.3. The summed E-state index contributed by atoms with van der Waals surface area (Å²) in [6.45, 7) is 0.479. The van der Waals surface area contributed by atoms with Crippen LogP contribution < -0.4 is 11.1 Å². The minimum atomic E-state index is -0.484. The molecule has 4 N–H and O–H groups in total. The zero-order chi connectivity index (χ0) is 24.2. The van der Waals surface area contributed by atoms with Gasteiger partial charge in [0.2, 0.25) is 0 Å². The summed E-state index contributed by atoms with van der Waals surface area (Å²) in [6, 6.07) is 19.2. The Morgan fingerprint density at radius 3 is 2.51 bits per heavy atom. The number of rotatable bonds is 8. The standard InChI is InChI=1S/C27H24FN5OS/c28-23-14-30-11-10-21(23)26-32-24-22(19-8-6-18(15-34)7-9-19)16-35-25(24)27(33-26)31-13-20(29)12-17-4-2-1-3-5-17/h1-11,14,16,20,34H,12-13,15,29H2,(H,31,32,33). The molecule has 0 saturated heterocycles. The Morgan fingerprint density at radius 1 is 0.971 bits per heavy atom. The van der Waals surface area contributed by atoms with E-state index in [4.69, 9.17) is 10.7 Å². The first-order valence-corrected chi connectivity index (χ1v) is 12.1. The molecule has 0 aliphatic heterocycles. The molecule has 6 nitrogen and oxygen atoms in total. The second-order valence-corrected chi connectivity index (χ2v) is 9.14. The van der Waals surface area contributed by atoms with Gasteiger partial charge < -0.3 is 16.2 Å². The van der Waals surface area contributed by atoms with Crippen molar-refractivity contribution in [2.45, 2.75) is 19.1 Å². The average Bonchev–Trinajstić information content (AvgIpc) is 3.32. The highest BCUT2D eigenvalue weighted by atomic mass is 32.1. The number of anilines is 1. The van der Waals surface area contributed by atoms with E-state index in [2.05, 4.69) is 27.4 Å². The summed E-state index contributed by atoms with van der Waals surface area (Å²) in [4.78, 5) is 13.3. The molecule has 0 bridgehead atoms. The molecular formula is C27H24FN5OS. The first-order valence-electron chi connectivity index (χ1n) is 11.2. The van der Waals surface area contributed by atoms with Gasteiger partial charge in [-0.1, -0.05) is 54.6 Å². The van der Waals surface area contributed by atoms with E-state index in [1.165, 1.54) is 23.1 Å². The van der Waals surface area contributed by atoms with Gasteiger partial charge in [0.05, 0.1) is 28.6 Å². The molecule has 1 unspecified atom stereocenters. The second-order valence-electron chi connectivity index (χ2n) is 8.26. The maximum absolute atomic E-state index is 14.6. The van der Waals surface area contributed by atoms with Gasteiger partial charge in [-0.2, -0.15) is 0 Å². The Kier molecular flexibility index (Phi) is 6.76. The quantitative estimate of drug-likeness (QED) is 0.285. The van der Waals surface area contributed by atoms with Gasteiger partial charge in [-0.15, -0.1) is 11.3 Å². The van der Waals surface area contributed by atoms with E-state index in [-0.39, 0.29) is 24.0 Å². The molecule has 0 fully saturated rings. The zero-order valence-electron chi connectivity index (χ0n) is 18.9. The minimum Gasteiger partial charge on any atom is -0.392 e. The van der Waals surface area contributed by atoms with Crippen molar-refractivity contribution in [2.24, 2.45) is 5.73 Å². The zero-order valence-corrected chi connectivity index (χ0v) is 19.7. The summed E-state index contributed by atoms with van der Waals surface area (Å²) in [6.07, 6.45) is 3.41. The van der Waals surface area contributed by atoms with E-state index in [9.17, 15) is 9.50 Å². The molecule has 3 aromatic heterocycles. The Morgan fingerprint density at radius 2 is 1.77 bits per heavy atom. The molecule has 0 aliphatic carbocycles. The molecule has 5 rings (SSSR count). The fraction of sp³-hybridized carbons (Fsp3) is 0.148. The Bertz CT molecular complexity index is 1440. The van der Waals surface area contributed by atoms with Crippen molar-refractivity contribution >= 4 is 27.4 Å². The van der Waals surface area contributed by atoms with Gasteiger partial charge in [-0.05, 0) is 29.2 Å². The lowest BCUT2D eigenvalue weighted by atomic mass is 10.1. The fourth-order valence-corrected chi connectivity index (χ4v) is 4.91. The summed E-state index contributed by atoms with van der Waals surface area (Å²) in [5, 5.41) is 14.8. The van der Waals surface area contributed by atoms with Gasteiger partial charge in [0, 0.05) is 29.7 Å². The maximum atomic E-state index is 14.6. The van der Waals surface area contributed by atoms with Gasteiger partial charge in [-0.3, -0.25) is 4.98 Å². The largest absolute Gasteiger partial charge is 0.392 e. The highest BCUT2D eigenvalue weighted by molar-refractivity contribution is 7.18. The SMILES string of the molecule is NC(CNc1nc(-c2ccncc2F)nc2c(-c3ccc(CO)cc3)csc12)Cc1ccccc1. The number of halogens is 1. The van der Waals surface area contributed by atoms with Crippen LogP contribution in [0.25, 0.3) is 32.7 Å². The van der Waals surface area contributed by atoms with E-state index >= 15 is 0 Å². The van der Waals surface area contributed by atoms with Gasteiger partial charge in [0.1, 0.15) is 5.82 Å². The third-order valence-corrected chi connectivity index (χ3v) is 6.72. The van der Waals surface area contributed by atoms with Gasteiger partial charge in [0.15, 0.2) is 11.6 Å². The Hall–Kier alpha value is -3.72. The molecule has 3 heterocycles. The van der Waals surface area contributed by atoms with Crippen molar-refractivity contribution in [3.63, 3.8) is 0 Å². The number of hydrogen-bond acceptors (Lipinski definition) is 7. The highest BCUT2D eigenvalue weighted by Crippen LogP contribution is 2.38. The summed E-state index contributed by atoms with van der Waals surface area (Å²) < 4.78 is 15.5. The molecule has 0 spiro atoms. The molecule has 0 saturated carbocycles. The van der Waals surface area contributed by atoms with Crippen molar-refractivity contribution in [3.05, 3.63) is 95.4 Å². The Labute approximate surface area is 206 Å². The molecule has 176 valence electrons. The summed E-state index contributed by atoms with van der Waals surface area (Å²) in [7, 11) is 0. The number of aliphatic hydroxyl groups is 1. The maximum Gasteiger partial charge on any atom is 0.165 e. The normalized spacial score (nSPS) is 12.1. The van der Waals surface area contributed by atoms with Crippen LogP contribution in [0.15, 0.2) is 78.4 Å². The lowest BCUT2D eigenvalue weighted by molar-refractivity contribution is 0.282. The number of nitrogens with zero attached hydrogens (tertiary/aromatic N) is 3. The number of aliphatic hydroxyl groups excluding tert-OH is 1. The predicted molar refractivity (Wildman–Crippen MR) is 139 cm³/mol. The van der Waals surface area contributed by atoms with Gasteiger partial charge in [0.25, 0.3) is 0 Å². The van der Waals surface area contributed by atoms with E-state index in [0.29, 0.717) is 12.4 Å². The van der Waals surface area contributed by atoms with Crippen LogP contribution in [0.3, 0.4) is 0 Å². The highest BCUT2D eigenvalue weighted by Gasteiger charge is 2.18. The van der Waals surface area contributed by atoms with Crippen LogP contribution in [0, 0.1) is 5.82 Å². The van der Waals surface area contributed by atoms with Crippen molar-refractivity contribution in [2.75, 3.05) is 11.9 Å². The molecule has 0 amide bonds. The first-order chi connectivity index (χ1) is 17.1. The molecule has 0 radical (unpaired) electrons. The number of aromatic nitrogens is 3. The molecule has 8 heteroatoms. The van der Waals surface area contributed by atoms with Crippen molar-refractivity contribution in [1.82, 2.24) is 15.0 Å². The summed E-state index contributed by atoms with van der Waals surface area (Å²) in [5.74, 6) is 0.416. The van der Waals surface area contributed by atoms with E-state index in [0.717, 1.165) is 39.5 Å². The van der Waals surface area contributed by atoms with Crippen LogP contribution in [0.5, 0.6) is 0 Å². The average molecular weight is 486 g/mol. The lowest BCUT2D eigenvalue weighted by Gasteiger charge is -2.15. The van der Waals surface area contributed by atoms with Gasteiger partial charge >= 0.3 is 0 Å². The molecule has 1 atom stereocenters. The third kappa shape index (κ3) is 5.05. The van der Waals surface area contributed by atoms with Crippen LogP contribution in [0.1, 0.15) is 11.1 Å². The fourth-order valence-electron chi connectivity index (χ4n) is 3.93. The molecule has 0 aliphatic rings. The van der Waals surface area contributed by atoms with Crippen molar-refractivity contribution < 1.29 is 9.50 Å². The number of thiophene rings is 1. The number of fused-ring (bicyclic) bond motifs is 1. The third-order valence-electron chi connectivity index (χ3n) is 5.75. The van der Waals surface area contributed by atoms with Crippen LogP contribution in [0.4, 0.5) is 10.2 Å². The van der Waals surface area contributed by atoms with E-state index < -0.39 is 5.82 Å². The van der Waals surface area contributed by atoms with Crippen LogP contribution in [-0.2, 0) is 13.0 Å². The first kappa shape index (κ1) is 23.0. The van der Waals surface area contributed by atoms with E-state index in [1.807, 2.05) is 47.8 Å². The number of nitrogens with one attached hydrogen (secondary N) is 1. The van der Waals surface area contributed by atoms with Crippen LogP contribution in [-0.4, -0.2) is 32.6 Å². The van der Waals surface area contributed by atoms with Crippen molar-refractivity contribution in [1.29, 1.82) is 0 Å². The number of benzene rings is 2. The monoisotopic (exact) mass is 485 g/mol. The molecule has 35 heavy (non-hydrogen) atoms. The van der Waals surface area contributed by atoms with Gasteiger partial charge in [-0.25, -0.2) is 14.4 Å². The Balaban J connectivity index is 1.52. The van der Waals surface area contributed by atoms with E-state index in [1.54, 1.807) is 6.07 Å². The number of nitrogens with two attached hydrogens (primary N) is 1. The van der Waals surface area contributed by atoms with Crippen molar-refractivity contribution in [3.8, 4) is 22.5 Å². The smallest absolute Gasteiger partial charge is 0.165 e. The topological polar surface area (TPSA) is 97.0 Å². The number of hydrogen-bond donors (Lipinski definition) is 3. The van der Waals surface area contributed by atoms with Crippen LogP contribution >= 0.6 is 11.3 Å². The lowest BCUT2D eigenvalue weighted by Crippen LogP contribution is -2.31. The molecular weight excluding hydrogens is 461 g/mol. The summed E-state index contributed by atoms with van der Waals surface area (Å²) >= 11 is 1.53. The molecule has 2 aromatic carbocycles. The molecule has 5 aromatic rings. The minimum absolute atomic E-state index is 0.0182. The number of pyridine rings is 1.